The Morgan fingerprint density at radius 3 is 2.30 bits per heavy atom. The van der Waals surface area contributed by atoms with E-state index < -0.39 is 4.92 Å². The first kappa shape index (κ1) is 18.1. The Balaban J connectivity index is 1.60. The van der Waals surface area contributed by atoms with Gasteiger partial charge in [0.05, 0.1) is 24.7 Å². The molecule has 0 heterocycles. The molecule has 4 aliphatic carbocycles. The fourth-order valence-electron chi connectivity index (χ4n) is 5.70. The van der Waals surface area contributed by atoms with Crippen molar-refractivity contribution in [1.82, 2.24) is 5.32 Å². The van der Waals surface area contributed by atoms with E-state index in [0.29, 0.717) is 24.2 Å². The van der Waals surface area contributed by atoms with E-state index in [1.165, 1.54) is 51.3 Å². The molecular weight excluding hydrogens is 348 g/mol. The van der Waals surface area contributed by atoms with Crippen LogP contribution in [0.15, 0.2) is 12.1 Å². The lowest BCUT2D eigenvalue weighted by Crippen LogP contribution is -2.55. The van der Waals surface area contributed by atoms with Crippen molar-refractivity contribution >= 4 is 11.6 Å². The average Bonchev–Trinajstić information content (AvgIpc) is 2.63. The predicted octanol–water partition coefficient (Wildman–Crippen LogP) is 3.56. The third-order valence-corrected chi connectivity index (χ3v) is 6.55. The molecule has 1 N–H and O–H groups in total. The summed E-state index contributed by atoms with van der Waals surface area (Å²) < 4.78 is 10.7. The monoisotopic (exact) mass is 374 g/mol. The Labute approximate surface area is 158 Å². The molecule has 27 heavy (non-hydrogen) atoms. The Morgan fingerprint density at radius 1 is 1.15 bits per heavy atom. The number of nitrogens with one attached hydrogen (secondary N) is 1. The zero-order valence-electron chi connectivity index (χ0n) is 15.8. The van der Waals surface area contributed by atoms with Gasteiger partial charge in [0.25, 0.3) is 11.6 Å². The minimum absolute atomic E-state index is 0.0362. The van der Waals surface area contributed by atoms with E-state index in [0.717, 1.165) is 11.8 Å². The quantitative estimate of drug-likeness (QED) is 0.607. The number of hydrogen-bond acceptors (Lipinski definition) is 5. The molecule has 146 valence electrons. The molecule has 1 aromatic carbocycles. The SMILES string of the molecule is CCOc1cc([N+](=O)[O-])c(C(=O)NC2C3CC4CC(C3)CC2C4)cc1OC. The number of carbonyl (C=O) groups excluding carboxylic acids is 1. The van der Waals surface area contributed by atoms with Gasteiger partial charge in [-0.2, -0.15) is 0 Å². The van der Waals surface area contributed by atoms with Crippen molar-refractivity contribution in [3.63, 3.8) is 0 Å². The lowest BCUT2D eigenvalue weighted by molar-refractivity contribution is -0.385. The first-order valence-electron chi connectivity index (χ1n) is 9.80. The van der Waals surface area contributed by atoms with Gasteiger partial charge in [-0.25, -0.2) is 0 Å². The Hall–Kier alpha value is -2.31. The lowest BCUT2D eigenvalue weighted by atomic mass is 9.54. The third kappa shape index (κ3) is 3.24. The van der Waals surface area contributed by atoms with Crippen LogP contribution in [0.25, 0.3) is 0 Å². The molecule has 4 fully saturated rings. The highest BCUT2D eigenvalue weighted by Gasteiger charge is 2.48. The van der Waals surface area contributed by atoms with Crippen molar-refractivity contribution in [3.8, 4) is 11.5 Å². The smallest absolute Gasteiger partial charge is 0.286 e. The van der Waals surface area contributed by atoms with Gasteiger partial charge in [0.2, 0.25) is 0 Å². The average molecular weight is 374 g/mol. The Morgan fingerprint density at radius 2 is 1.78 bits per heavy atom. The number of hydrogen-bond donors (Lipinski definition) is 1. The summed E-state index contributed by atoms with van der Waals surface area (Å²) in [7, 11) is 1.46. The maximum atomic E-state index is 13.0. The fourth-order valence-corrected chi connectivity index (χ4v) is 5.70. The third-order valence-electron chi connectivity index (χ3n) is 6.55. The molecular formula is C20H26N2O5. The molecule has 7 nitrogen and oxygen atoms in total. The zero-order valence-corrected chi connectivity index (χ0v) is 15.8. The topological polar surface area (TPSA) is 90.7 Å². The first-order valence-corrected chi connectivity index (χ1v) is 9.80. The van der Waals surface area contributed by atoms with E-state index in [-0.39, 0.29) is 28.9 Å². The van der Waals surface area contributed by atoms with Gasteiger partial charge in [0.15, 0.2) is 11.5 Å². The summed E-state index contributed by atoms with van der Waals surface area (Å²) in [4.78, 5) is 24.0. The standard InChI is InChI=1S/C20H26N2O5/c1-3-27-18-10-16(22(24)25)15(9-17(18)26-2)20(23)21-19-13-5-11-4-12(7-13)8-14(19)6-11/h9-14,19H,3-8H2,1-2H3,(H,21,23). The summed E-state index contributed by atoms with van der Waals surface area (Å²) in [6, 6.07) is 2.84. The van der Waals surface area contributed by atoms with Gasteiger partial charge in [-0.3, -0.25) is 14.9 Å². The second-order valence-electron chi connectivity index (χ2n) is 8.14. The van der Waals surface area contributed by atoms with Gasteiger partial charge >= 0.3 is 0 Å². The van der Waals surface area contributed by atoms with E-state index in [1.54, 1.807) is 6.92 Å². The fraction of sp³-hybridized carbons (Fsp3) is 0.650. The van der Waals surface area contributed by atoms with Gasteiger partial charge in [-0.1, -0.05) is 0 Å². The number of nitro groups is 1. The number of rotatable bonds is 6. The molecule has 1 aromatic rings. The first-order chi connectivity index (χ1) is 13.0. The molecule has 0 radical (unpaired) electrons. The summed E-state index contributed by atoms with van der Waals surface area (Å²) in [6.45, 7) is 2.14. The number of benzene rings is 1. The molecule has 4 saturated carbocycles. The molecule has 0 aromatic heterocycles. The number of carbonyl (C=O) groups is 1. The minimum Gasteiger partial charge on any atom is -0.493 e. The number of methoxy groups -OCH3 is 1. The van der Waals surface area contributed by atoms with Gasteiger partial charge in [0.1, 0.15) is 5.56 Å². The molecule has 4 aliphatic rings. The van der Waals surface area contributed by atoms with Crippen molar-refractivity contribution in [2.24, 2.45) is 23.7 Å². The van der Waals surface area contributed by atoms with Gasteiger partial charge < -0.3 is 14.8 Å². The number of nitrogens with zero attached hydrogens (tertiary/aromatic N) is 1. The normalized spacial score (nSPS) is 30.8. The minimum atomic E-state index is -0.534. The van der Waals surface area contributed by atoms with Crippen LogP contribution in [0.2, 0.25) is 0 Å². The van der Waals surface area contributed by atoms with Crippen LogP contribution in [0, 0.1) is 33.8 Å². The number of ether oxygens (including phenoxy) is 2. The van der Waals surface area contributed by atoms with E-state index in [9.17, 15) is 14.9 Å². The maximum absolute atomic E-state index is 13.0. The highest BCUT2D eigenvalue weighted by Crippen LogP contribution is 2.53. The highest BCUT2D eigenvalue weighted by molar-refractivity contribution is 5.99. The molecule has 1 amide bonds. The number of amides is 1. The second-order valence-corrected chi connectivity index (χ2v) is 8.14. The van der Waals surface area contributed by atoms with Crippen LogP contribution >= 0.6 is 0 Å². The summed E-state index contributed by atoms with van der Waals surface area (Å²) in [5.41, 5.74) is -0.213. The molecule has 0 unspecified atom stereocenters. The Kier molecular flexibility index (Phi) is 4.70. The predicted molar refractivity (Wildman–Crippen MR) is 99.1 cm³/mol. The van der Waals surface area contributed by atoms with Crippen molar-refractivity contribution < 1.29 is 19.2 Å². The van der Waals surface area contributed by atoms with Crippen molar-refractivity contribution in [2.45, 2.75) is 45.1 Å². The summed E-state index contributed by atoms with van der Waals surface area (Å²) in [5.74, 6) is 2.85. The van der Waals surface area contributed by atoms with Gasteiger partial charge in [0, 0.05) is 12.1 Å². The maximum Gasteiger partial charge on any atom is 0.286 e. The van der Waals surface area contributed by atoms with Crippen LogP contribution in [-0.4, -0.2) is 30.6 Å². The largest absolute Gasteiger partial charge is 0.493 e. The molecule has 0 atom stereocenters. The van der Waals surface area contributed by atoms with Crippen LogP contribution in [0.4, 0.5) is 5.69 Å². The van der Waals surface area contributed by atoms with Crippen LogP contribution in [0.5, 0.6) is 11.5 Å². The summed E-state index contributed by atoms with van der Waals surface area (Å²) in [6.07, 6.45) is 6.04. The molecule has 5 rings (SSSR count). The van der Waals surface area contributed by atoms with Crippen LogP contribution < -0.4 is 14.8 Å². The summed E-state index contributed by atoms with van der Waals surface area (Å²) in [5, 5.41) is 14.7. The van der Waals surface area contributed by atoms with Gasteiger partial charge in [-0.05, 0) is 62.7 Å². The molecule has 7 heteroatoms. The lowest BCUT2D eigenvalue weighted by Gasteiger charge is -2.54. The second kappa shape index (κ2) is 7.02. The van der Waals surface area contributed by atoms with Crippen molar-refractivity contribution in [1.29, 1.82) is 0 Å². The van der Waals surface area contributed by atoms with E-state index in [2.05, 4.69) is 5.32 Å². The van der Waals surface area contributed by atoms with Crippen LogP contribution in [0.3, 0.4) is 0 Å². The molecule has 4 bridgehead atoms. The van der Waals surface area contributed by atoms with E-state index in [1.807, 2.05) is 0 Å². The number of nitro benzene ring substituents is 1. The van der Waals surface area contributed by atoms with Crippen LogP contribution in [-0.2, 0) is 0 Å². The summed E-state index contributed by atoms with van der Waals surface area (Å²) >= 11 is 0. The van der Waals surface area contributed by atoms with Gasteiger partial charge in [-0.15, -0.1) is 0 Å². The molecule has 0 aliphatic heterocycles. The van der Waals surface area contributed by atoms with E-state index in [4.69, 9.17) is 9.47 Å². The van der Waals surface area contributed by atoms with Crippen molar-refractivity contribution in [3.05, 3.63) is 27.8 Å². The van der Waals surface area contributed by atoms with Crippen molar-refractivity contribution in [2.75, 3.05) is 13.7 Å². The highest BCUT2D eigenvalue weighted by atomic mass is 16.6. The van der Waals surface area contributed by atoms with Crippen LogP contribution in [0.1, 0.15) is 49.4 Å². The Bertz CT molecular complexity index is 735. The molecule has 0 spiro atoms. The molecule has 0 saturated heterocycles. The zero-order chi connectivity index (χ0) is 19.1. The van der Waals surface area contributed by atoms with E-state index >= 15 is 0 Å².